The van der Waals surface area contributed by atoms with Gasteiger partial charge in [-0.3, -0.25) is 0 Å². The van der Waals surface area contributed by atoms with E-state index in [4.69, 9.17) is 10.00 Å². The molecule has 0 heterocycles. The lowest BCUT2D eigenvalue weighted by Crippen LogP contribution is -2.37. The number of nitriles is 1. The zero-order valence-corrected chi connectivity index (χ0v) is 13.0. The lowest BCUT2D eigenvalue weighted by molar-refractivity contribution is 0.250. The number of carbonyl (C=O) groups is 1. The quantitative estimate of drug-likeness (QED) is 0.834. The van der Waals surface area contributed by atoms with Gasteiger partial charge in [-0.25, -0.2) is 4.79 Å². The Morgan fingerprint density at radius 2 is 2.23 bits per heavy atom. The molecule has 0 aliphatic heterocycles. The van der Waals surface area contributed by atoms with Crippen LogP contribution in [0.4, 0.5) is 10.5 Å². The predicted octanol–water partition coefficient (Wildman–Crippen LogP) is 3.58. The van der Waals surface area contributed by atoms with Gasteiger partial charge in [-0.1, -0.05) is 11.6 Å². The minimum absolute atomic E-state index is 0.0222. The maximum atomic E-state index is 12.1. The summed E-state index contributed by atoms with van der Waals surface area (Å²) in [6.07, 6.45) is 6.76. The number of urea groups is 1. The molecule has 0 spiro atoms. The molecule has 5 heteroatoms. The molecular weight excluding hydrogens is 278 g/mol. The van der Waals surface area contributed by atoms with Crippen molar-refractivity contribution in [2.24, 2.45) is 0 Å². The number of hydrogen-bond acceptors (Lipinski definition) is 3. The van der Waals surface area contributed by atoms with E-state index in [0.29, 0.717) is 17.0 Å². The highest BCUT2D eigenvalue weighted by Gasteiger charge is 2.14. The number of allylic oxidation sites excluding steroid dienone is 1. The molecular formula is C17H21N3O2. The number of nitrogens with one attached hydrogen (secondary N) is 2. The Labute approximate surface area is 131 Å². The van der Waals surface area contributed by atoms with E-state index < -0.39 is 0 Å². The standard InChI is InChI=1S/C17H21N3O2/c1-12(13-6-4-3-5-7-13)19-17(21)20-15-8-9-16(22-2)14(10-15)11-18/h6,8-10,12H,3-5,7H2,1-2H3,(H2,19,20,21). The number of ether oxygens (including phenoxy) is 1. The Bertz CT molecular complexity index is 617. The van der Waals surface area contributed by atoms with E-state index in [2.05, 4.69) is 16.7 Å². The Morgan fingerprint density at radius 1 is 1.41 bits per heavy atom. The molecule has 0 bridgehead atoms. The largest absolute Gasteiger partial charge is 0.495 e. The number of rotatable bonds is 4. The van der Waals surface area contributed by atoms with E-state index >= 15 is 0 Å². The van der Waals surface area contributed by atoms with Crippen molar-refractivity contribution in [3.8, 4) is 11.8 Å². The maximum Gasteiger partial charge on any atom is 0.319 e. The minimum Gasteiger partial charge on any atom is -0.495 e. The van der Waals surface area contributed by atoms with Crippen LogP contribution >= 0.6 is 0 Å². The van der Waals surface area contributed by atoms with Crippen LogP contribution in [0.5, 0.6) is 5.75 Å². The van der Waals surface area contributed by atoms with Gasteiger partial charge < -0.3 is 15.4 Å². The molecule has 0 fully saturated rings. The first kappa shape index (κ1) is 15.9. The van der Waals surface area contributed by atoms with Gasteiger partial charge in [0.25, 0.3) is 0 Å². The summed E-state index contributed by atoms with van der Waals surface area (Å²) in [6.45, 7) is 1.99. The first-order valence-electron chi connectivity index (χ1n) is 7.48. The monoisotopic (exact) mass is 299 g/mol. The highest BCUT2D eigenvalue weighted by molar-refractivity contribution is 5.90. The highest BCUT2D eigenvalue weighted by Crippen LogP contribution is 2.22. The van der Waals surface area contributed by atoms with E-state index in [9.17, 15) is 4.79 Å². The fraction of sp³-hybridized carbons (Fsp3) is 0.412. The SMILES string of the molecule is COc1ccc(NC(=O)NC(C)C2=CCCCC2)cc1C#N. The van der Waals surface area contributed by atoms with Crippen LogP contribution in [0.25, 0.3) is 0 Å². The van der Waals surface area contributed by atoms with Crippen LogP contribution in [-0.2, 0) is 0 Å². The molecule has 0 radical (unpaired) electrons. The second-order valence-electron chi connectivity index (χ2n) is 5.37. The van der Waals surface area contributed by atoms with Crippen molar-refractivity contribution in [2.45, 2.75) is 38.6 Å². The van der Waals surface area contributed by atoms with Crippen molar-refractivity contribution >= 4 is 11.7 Å². The average Bonchev–Trinajstić information content (AvgIpc) is 2.55. The van der Waals surface area contributed by atoms with E-state index in [0.717, 1.165) is 12.8 Å². The van der Waals surface area contributed by atoms with Gasteiger partial charge in [0.05, 0.1) is 12.7 Å². The summed E-state index contributed by atoms with van der Waals surface area (Å²) in [5, 5.41) is 14.7. The third-order valence-corrected chi connectivity index (χ3v) is 3.81. The Hall–Kier alpha value is -2.48. The smallest absolute Gasteiger partial charge is 0.319 e. The summed E-state index contributed by atoms with van der Waals surface area (Å²) in [5.74, 6) is 0.495. The molecule has 0 saturated heterocycles. The Kier molecular flexibility index (Phi) is 5.42. The van der Waals surface area contributed by atoms with E-state index in [1.54, 1.807) is 18.2 Å². The van der Waals surface area contributed by atoms with Crippen LogP contribution in [0.15, 0.2) is 29.8 Å². The van der Waals surface area contributed by atoms with E-state index in [1.807, 2.05) is 13.0 Å². The molecule has 1 aliphatic carbocycles. The summed E-state index contributed by atoms with van der Waals surface area (Å²) in [4.78, 5) is 12.1. The van der Waals surface area contributed by atoms with Gasteiger partial charge in [-0.2, -0.15) is 5.26 Å². The molecule has 2 N–H and O–H groups in total. The maximum absolute atomic E-state index is 12.1. The van der Waals surface area contributed by atoms with Gasteiger partial charge in [0.1, 0.15) is 11.8 Å². The van der Waals surface area contributed by atoms with Crippen molar-refractivity contribution in [3.63, 3.8) is 0 Å². The average molecular weight is 299 g/mol. The first-order valence-corrected chi connectivity index (χ1v) is 7.48. The molecule has 5 nitrogen and oxygen atoms in total. The molecule has 22 heavy (non-hydrogen) atoms. The molecule has 1 aliphatic rings. The zero-order chi connectivity index (χ0) is 15.9. The molecule has 1 atom stereocenters. The van der Waals surface area contributed by atoms with E-state index in [-0.39, 0.29) is 12.1 Å². The number of amides is 2. The van der Waals surface area contributed by atoms with Crippen LogP contribution in [0.1, 0.15) is 38.2 Å². The molecule has 2 amide bonds. The third-order valence-electron chi connectivity index (χ3n) is 3.81. The number of benzene rings is 1. The summed E-state index contributed by atoms with van der Waals surface area (Å²) < 4.78 is 5.08. The van der Waals surface area contributed by atoms with Gasteiger partial charge in [0.15, 0.2) is 0 Å². The molecule has 2 rings (SSSR count). The van der Waals surface area contributed by atoms with Gasteiger partial charge in [-0.05, 0) is 50.8 Å². The van der Waals surface area contributed by atoms with Gasteiger partial charge in [-0.15, -0.1) is 0 Å². The summed E-state index contributed by atoms with van der Waals surface area (Å²) in [5.41, 5.74) is 2.25. The van der Waals surface area contributed by atoms with Crippen LogP contribution in [0.3, 0.4) is 0 Å². The summed E-state index contributed by atoms with van der Waals surface area (Å²) in [6, 6.07) is 6.78. The Balaban J connectivity index is 1.97. The number of methoxy groups -OCH3 is 1. The Morgan fingerprint density at radius 3 is 2.86 bits per heavy atom. The topological polar surface area (TPSA) is 74.2 Å². The highest BCUT2D eigenvalue weighted by atomic mass is 16.5. The van der Waals surface area contributed by atoms with Crippen LogP contribution in [0.2, 0.25) is 0 Å². The van der Waals surface area contributed by atoms with Crippen molar-refractivity contribution in [1.29, 1.82) is 5.26 Å². The van der Waals surface area contributed by atoms with Crippen molar-refractivity contribution in [2.75, 3.05) is 12.4 Å². The minimum atomic E-state index is -0.270. The fourth-order valence-electron chi connectivity index (χ4n) is 2.59. The van der Waals surface area contributed by atoms with Crippen molar-refractivity contribution in [1.82, 2.24) is 5.32 Å². The van der Waals surface area contributed by atoms with Gasteiger partial charge >= 0.3 is 6.03 Å². The summed E-state index contributed by atoms with van der Waals surface area (Å²) >= 11 is 0. The molecule has 1 unspecified atom stereocenters. The van der Waals surface area contributed by atoms with Crippen molar-refractivity contribution in [3.05, 3.63) is 35.4 Å². The van der Waals surface area contributed by atoms with E-state index in [1.165, 1.54) is 25.5 Å². The van der Waals surface area contributed by atoms with Crippen LogP contribution < -0.4 is 15.4 Å². The second-order valence-corrected chi connectivity index (χ2v) is 5.37. The first-order chi connectivity index (χ1) is 10.6. The fourth-order valence-corrected chi connectivity index (χ4v) is 2.59. The number of anilines is 1. The normalized spacial score (nSPS) is 15.2. The van der Waals surface area contributed by atoms with Crippen molar-refractivity contribution < 1.29 is 9.53 Å². The molecule has 0 saturated carbocycles. The predicted molar refractivity (Wildman–Crippen MR) is 85.9 cm³/mol. The number of carbonyl (C=O) groups excluding carboxylic acids is 1. The third kappa shape index (κ3) is 4.01. The lowest BCUT2D eigenvalue weighted by Gasteiger charge is -2.21. The van der Waals surface area contributed by atoms with Gasteiger partial charge in [0, 0.05) is 11.7 Å². The zero-order valence-electron chi connectivity index (χ0n) is 13.0. The molecule has 116 valence electrons. The number of nitrogens with zero attached hydrogens (tertiary/aromatic N) is 1. The molecule has 1 aromatic rings. The summed E-state index contributed by atoms with van der Waals surface area (Å²) in [7, 11) is 1.51. The number of hydrogen-bond donors (Lipinski definition) is 2. The second kappa shape index (κ2) is 7.51. The van der Waals surface area contributed by atoms with Crippen LogP contribution in [-0.4, -0.2) is 19.2 Å². The van der Waals surface area contributed by atoms with Crippen LogP contribution in [0, 0.1) is 11.3 Å². The van der Waals surface area contributed by atoms with Gasteiger partial charge in [0.2, 0.25) is 0 Å². The lowest BCUT2D eigenvalue weighted by atomic mass is 9.95. The molecule has 0 aromatic heterocycles. The molecule has 1 aromatic carbocycles.